The maximum Gasteiger partial charge on any atom is 0.266 e. The molecule has 1 aliphatic rings. The molecule has 0 atom stereocenters. The zero-order valence-electron chi connectivity index (χ0n) is 13.2. The van der Waals surface area contributed by atoms with Crippen LogP contribution in [0, 0.1) is 0 Å². The van der Waals surface area contributed by atoms with Gasteiger partial charge in [-0.1, -0.05) is 11.6 Å². The monoisotopic (exact) mass is 394 g/mol. The molecule has 0 unspecified atom stereocenters. The number of hydrogen-bond donors (Lipinski definition) is 0. The van der Waals surface area contributed by atoms with Crippen LogP contribution in [0.4, 0.5) is 0 Å². The minimum atomic E-state index is 0.0410. The van der Waals surface area contributed by atoms with Crippen molar-refractivity contribution in [3.8, 4) is 5.69 Å². The van der Waals surface area contributed by atoms with Gasteiger partial charge in [0.25, 0.3) is 5.91 Å². The van der Waals surface area contributed by atoms with Gasteiger partial charge in [-0.05, 0) is 34.0 Å². The van der Waals surface area contributed by atoms with Crippen LogP contribution in [-0.4, -0.2) is 62.1 Å². The van der Waals surface area contributed by atoms with Crippen LogP contribution in [0.2, 0.25) is 4.34 Å². The van der Waals surface area contributed by atoms with Crippen LogP contribution < -0.4 is 0 Å². The largest absolute Gasteiger partial charge is 0.335 e. The highest BCUT2D eigenvalue weighted by Gasteiger charge is 2.25. The molecule has 1 saturated heterocycles. The van der Waals surface area contributed by atoms with E-state index in [0.717, 1.165) is 29.7 Å². The highest BCUT2D eigenvalue weighted by atomic mass is 35.5. The molecule has 1 aliphatic heterocycles. The van der Waals surface area contributed by atoms with Crippen LogP contribution >= 0.6 is 34.3 Å². The summed E-state index contributed by atoms with van der Waals surface area (Å²) in [4.78, 5) is 19.0. The van der Waals surface area contributed by atoms with E-state index in [1.807, 2.05) is 22.4 Å². The van der Waals surface area contributed by atoms with Crippen LogP contribution in [0.3, 0.4) is 0 Å². The molecule has 3 aromatic heterocycles. The van der Waals surface area contributed by atoms with Gasteiger partial charge < -0.3 is 4.90 Å². The summed E-state index contributed by atoms with van der Waals surface area (Å²) in [7, 11) is 0. The molecule has 130 valence electrons. The number of carbonyl (C=O) groups is 1. The Kier molecular flexibility index (Phi) is 4.80. The first-order chi connectivity index (χ1) is 12.2. The normalized spacial score (nSPS) is 15.6. The lowest BCUT2D eigenvalue weighted by atomic mass is 10.2. The fraction of sp³-hybridized carbons (Fsp3) is 0.333. The van der Waals surface area contributed by atoms with E-state index < -0.39 is 0 Å². The number of piperazine rings is 1. The third kappa shape index (κ3) is 3.59. The lowest BCUT2D eigenvalue weighted by Crippen LogP contribution is -2.48. The Morgan fingerprint density at radius 1 is 1.20 bits per heavy atom. The van der Waals surface area contributed by atoms with Crippen LogP contribution in [0.15, 0.2) is 29.9 Å². The van der Waals surface area contributed by atoms with Crippen molar-refractivity contribution < 1.29 is 4.79 Å². The number of nitrogens with zero attached hydrogens (tertiary/aromatic N) is 6. The summed E-state index contributed by atoms with van der Waals surface area (Å²) >= 11 is 9.02. The minimum absolute atomic E-state index is 0.0410. The number of hydrogen-bond acceptors (Lipinski definition) is 7. The Morgan fingerprint density at radius 3 is 2.72 bits per heavy atom. The fourth-order valence-corrected chi connectivity index (χ4v) is 4.80. The first-order valence-corrected chi connectivity index (χ1v) is 9.85. The number of aromatic nitrogens is 4. The second-order valence-corrected chi connectivity index (χ2v) is 8.38. The van der Waals surface area contributed by atoms with Crippen LogP contribution in [0.5, 0.6) is 0 Å². The van der Waals surface area contributed by atoms with Gasteiger partial charge >= 0.3 is 0 Å². The van der Waals surface area contributed by atoms with Crippen molar-refractivity contribution in [3.63, 3.8) is 0 Å². The van der Waals surface area contributed by atoms with Gasteiger partial charge in [-0.15, -0.1) is 27.8 Å². The summed E-state index contributed by atoms with van der Waals surface area (Å²) < 4.78 is 2.34. The molecule has 25 heavy (non-hydrogen) atoms. The Hall–Kier alpha value is -1.81. The van der Waals surface area contributed by atoms with Gasteiger partial charge in [0, 0.05) is 37.6 Å². The highest BCUT2D eigenvalue weighted by Crippen LogP contribution is 2.25. The highest BCUT2D eigenvalue weighted by molar-refractivity contribution is 7.16. The number of carbonyl (C=O) groups excluding carboxylic acids is 1. The molecule has 10 heteroatoms. The molecule has 4 rings (SSSR count). The average Bonchev–Trinajstić information content (AvgIpc) is 3.36. The number of rotatable bonds is 4. The van der Waals surface area contributed by atoms with Crippen LogP contribution in [-0.2, 0) is 6.54 Å². The van der Waals surface area contributed by atoms with E-state index in [4.69, 9.17) is 11.6 Å². The Balaban J connectivity index is 1.39. The smallest absolute Gasteiger partial charge is 0.266 e. The van der Waals surface area contributed by atoms with Gasteiger partial charge in [-0.3, -0.25) is 9.69 Å². The van der Waals surface area contributed by atoms with Crippen LogP contribution in [0.1, 0.15) is 14.5 Å². The number of thiophene rings is 2. The molecular weight excluding hydrogens is 380 g/mol. The zero-order chi connectivity index (χ0) is 17.2. The van der Waals surface area contributed by atoms with Gasteiger partial charge in [0.15, 0.2) is 0 Å². The Labute approximate surface area is 157 Å². The minimum Gasteiger partial charge on any atom is -0.335 e. The lowest BCUT2D eigenvalue weighted by Gasteiger charge is -2.34. The van der Waals surface area contributed by atoms with E-state index >= 15 is 0 Å². The van der Waals surface area contributed by atoms with Crippen molar-refractivity contribution in [2.24, 2.45) is 0 Å². The molecule has 0 radical (unpaired) electrons. The number of tetrazole rings is 1. The maximum absolute atomic E-state index is 12.9. The van der Waals surface area contributed by atoms with E-state index in [1.165, 1.54) is 27.2 Å². The van der Waals surface area contributed by atoms with Crippen molar-refractivity contribution in [1.29, 1.82) is 0 Å². The molecule has 0 spiro atoms. The quantitative estimate of drug-likeness (QED) is 0.679. The molecule has 3 aromatic rings. The molecule has 0 N–H and O–H groups in total. The van der Waals surface area contributed by atoms with Crippen LogP contribution in [0.25, 0.3) is 5.69 Å². The third-order valence-electron chi connectivity index (χ3n) is 4.10. The first-order valence-electron chi connectivity index (χ1n) is 7.77. The summed E-state index contributed by atoms with van der Waals surface area (Å²) in [6, 6.07) is 5.86. The van der Waals surface area contributed by atoms with E-state index in [9.17, 15) is 4.79 Å². The fourth-order valence-electron chi connectivity index (χ4n) is 2.82. The summed E-state index contributed by atoms with van der Waals surface area (Å²) in [6.45, 7) is 4.02. The summed E-state index contributed by atoms with van der Waals surface area (Å²) in [6.07, 6.45) is 1.50. The molecule has 1 fully saturated rings. The van der Waals surface area contributed by atoms with Gasteiger partial charge in [0.2, 0.25) is 0 Å². The van der Waals surface area contributed by atoms with Gasteiger partial charge in [-0.25, -0.2) is 0 Å². The van der Waals surface area contributed by atoms with Crippen molar-refractivity contribution in [3.05, 3.63) is 44.0 Å². The predicted molar refractivity (Wildman–Crippen MR) is 97.5 cm³/mol. The molecule has 1 amide bonds. The summed E-state index contributed by atoms with van der Waals surface area (Å²) in [5.41, 5.74) is 0.732. The molecule has 7 nitrogen and oxygen atoms in total. The molecule has 0 bridgehead atoms. The maximum atomic E-state index is 12.9. The Bertz CT molecular complexity index is 853. The topological polar surface area (TPSA) is 67.2 Å². The molecular formula is C15H15ClN6OS2. The standard InChI is InChI=1S/C15H15ClN6OS2/c16-13-2-1-11(25-13)9-20-4-6-21(7-5-20)15(23)14-12(3-8-24-14)22-10-17-18-19-22/h1-3,8,10H,4-7,9H2. The van der Waals surface area contributed by atoms with Gasteiger partial charge in [0.05, 0.1) is 10.0 Å². The lowest BCUT2D eigenvalue weighted by molar-refractivity contribution is 0.0634. The predicted octanol–water partition coefficient (Wildman–Crippen LogP) is 2.40. The molecule has 4 heterocycles. The molecule has 0 aliphatic carbocycles. The first kappa shape index (κ1) is 16.6. The Morgan fingerprint density at radius 2 is 2.04 bits per heavy atom. The van der Waals surface area contributed by atoms with Gasteiger partial charge in [-0.2, -0.15) is 4.68 Å². The van der Waals surface area contributed by atoms with Crippen molar-refractivity contribution in [2.75, 3.05) is 26.2 Å². The molecule has 0 aromatic carbocycles. The van der Waals surface area contributed by atoms with Crippen molar-refractivity contribution in [1.82, 2.24) is 30.0 Å². The second kappa shape index (κ2) is 7.20. The third-order valence-corrected chi connectivity index (χ3v) is 6.21. The average molecular weight is 395 g/mol. The summed E-state index contributed by atoms with van der Waals surface area (Å²) in [5, 5.41) is 13.1. The van der Waals surface area contributed by atoms with Gasteiger partial charge in [0.1, 0.15) is 11.2 Å². The van der Waals surface area contributed by atoms with E-state index in [-0.39, 0.29) is 5.91 Å². The van der Waals surface area contributed by atoms with E-state index in [0.29, 0.717) is 18.0 Å². The van der Waals surface area contributed by atoms with E-state index in [2.05, 4.69) is 26.5 Å². The SMILES string of the molecule is O=C(c1sccc1-n1cnnn1)N1CCN(Cc2ccc(Cl)s2)CC1. The summed E-state index contributed by atoms with van der Waals surface area (Å²) in [5.74, 6) is 0.0410. The number of halogens is 1. The van der Waals surface area contributed by atoms with Crippen molar-refractivity contribution >= 4 is 40.2 Å². The molecule has 0 saturated carbocycles. The second-order valence-electron chi connectivity index (χ2n) is 5.66. The zero-order valence-corrected chi connectivity index (χ0v) is 15.6. The van der Waals surface area contributed by atoms with Crippen molar-refractivity contribution in [2.45, 2.75) is 6.54 Å². The number of amides is 1. The van der Waals surface area contributed by atoms with E-state index in [1.54, 1.807) is 11.3 Å².